The van der Waals surface area contributed by atoms with Crippen LogP contribution in [0.2, 0.25) is 0 Å². The first kappa shape index (κ1) is 13.9. The van der Waals surface area contributed by atoms with E-state index in [1.54, 1.807) is 7.05 Å². The predicted molar refractivity (Wildman–Crippen MR) is 56.1 cm³/mol. The molecule has 15 heavy (non-hydrogen) atoms. The van der Waals surface area contributed by atoms with E-state index >= 15 is 0 Å². The van der Waals surface area contributed by atoms with Gasteiger partial charge in [0, 0.05) is 13.5 Å². The smallest absolute Gasteiger partial charge is 0.320 e. The quantitative estimate of drug-likeness (QED) is 0.431. The molecule has 0 aromatic carbocycles. The van der Waals surface area contributed by atoms with Crippen LogP contribution in [0.5, 0.6) is 0 Å². The van der Waals surface area contributed by atoms with E-state index in [1.165, 1.54) is 0 Å². The van der Waals surface area contributed by atoms with Crippen LogP contribution in [-0.2, 0) is 9.59 Å². The Bertz CT molecular complexity index is 221. The van der Waals surface area contributed by atoms with Crippen LogP contribution in [0.15, 0.2) is 0 Å². The molecular weight excluding hydrogens is 198 g/mol. The van der Waals surface area contributed by atoms with Gasteiger partial charge < -0.3 is 21.9 Å². The molecule has 0 radical (unpaired) electrons. The lowest BCUT2D eigenvalue weighted by Gasteiger charge is -2.17. The van der Waals surface area contributed by atoms with Crippen LogP contribution in [0.4, 0.5) is 0 Å². The summed E-state index contributed by atoms with van der Waals surface area (Å²) in [7, 11) is 1.54. The maximum atomic E-state index is 11.1. The van der Waals surface area contributed by atoms with Gasteiger partial charge in [-0.05, 0) is 25.3 Å². The maximum absolute atomic E-state index is 11.1. The second-order valence-corrected chi connectivity index (χ2v) is 3.50. The zero-order chi connectivity index (χ0) is 11.8. The van der Waals surface area contributed by atoms with E-state index in [-0.39, 0.29) is 24.7 Å². The molecular formula is C9H19N3O3. The van der Waals surface area contributed by atoms with E-state index in [1.807, 2.05) is 0 Å². The van der Waals surface area contributed by atoms with E-state index in [0.717, 1.165) is 0 Å². The third-order valence-electron chi connectivity index (χ3n) is 2.23. The van der Waals surface area contributed by atoms with E-state index in [0.29, 0.717) is 13.0 Å². The molecule has 0 aromatic rings. The molecule has 2 unspecified atom stereocenters. The number of nitrogens with one attached hydrogen (secondary N) is 1. The number of carboxylic acid groups (broad SMARTS) is 1. The first-order valence-electron chi connectivity index (χ1n) is 4.90. The van der Waals surface area contributed by atoms with Crippen molar-refractivity contribution in [3.63, 3.8) is 0 Å². The third kappa shape index (κ3) is 6.03. The van der Waals surface area contributed by atoms with Crippen molar-refractivity contribution in [2.75, 3.05) is 13.6 Å². The Morgan fingerprint density at radius 1 is 1.47 bits per heavy atom. The number of hydrogen-bond acceptors (Lipinski definition) is 4. The van der Waals surface area contributed by atoms with Crippen molar-refractivity contribution in [1.82, 2.24) is 5.32 Å². The number of carbonyl (C=O) groups excluding carboxylic acids is 1. The highest BCUT2D eigenvalue weighted by atomic mass is 16.4. The highest BCUT2D eigenvalue weighted by Crippen LogP contribution is 2.14. The highest BCUT2D eigenvalue weighted by Gasteiger charge is 2.20. The molecule has 0 heterocycles. The largest absolute Gasteiger partial charge is 0.480 e. The summed E-state index contributed by atoms with van der Waals surface area (Å²) >= 11 is 0. The topological polar surface area (TPSA) is 118 Å². The fraction of sp³-hybridized carbons (Fsp3) is 0.778. The summed E-state index contributed by atoms with van der Waals surface area (Å²) < 4.78 is 0. The first-order chi connectivity index (χ1) is 7.01. The number of nitrogens with two attached hydrogens (primary N) is 2. The molecule has 6 N–H and O–H groups in total. The van der Waals surface area contributed by atoms with Crippen molar-refractivity contribution in [1.29, 1.82) is 0 Å². The fourth-order valence-corrected chi connectivity index (χ4v) is 1.36. The minimum Gasteiger partial charge on any atom is -0.480 e. The molecule has 0 aliphatic carbocycles. The van der Waals surface area contributed by atoms with Gasteiger partial charge in [-0.2, -0.15) is 0 Å². The Morgan fingerprint density at radius 3 is 2.47 bits per heavy atom. The summed E-state index contributed by atoms with van der Waals surface area (Å²) in [5, 5.41) is 11.1. The van der Waals surface area contributed by atoms with Gasteiger partial charge in [0.2, 0.25) is 5.91 Å². The lowest BCUT2D eigenvalue weighted by Crippen LogP contribution is -2.34. The minimum absolute atomic E-state index is 0.0685. The highest BCUT2D eigenvalue weighted by molar-refractivity contribution is 5.76. The minimum atomic E-state index is -1.05. The lowest BCUT2D eigenvalue weighted by molar-refractivity contribution is -0.139. The van der Waals surface area contributed by atoms with Crippen LogP contribution in [-0.4, -0.2) is 36.6 Å². The number of carboxylic acids is 1. The van der Waals surface area contributed by atoms with Crippen molar-refractivity contribution in [2.24, 2.45) is 17.4 Å². The van der Waals surface area contributed by atoms with E-state index in [4.69, 9.17) is 16.6 Å². The number of aliphatic carboxylic acids is 1. The van der Waals surface area contributed by atoms with Crippen LogP contribution in [0.3, 0.4) is 0 Å². The van der Waals surface area contributed by atoms with Gasteiger partial charge in [0.25, 0.3) is 0 Å². The Balaban J connectivity index is 4.14. The average Bonchev–Trinajstić information content (AvgIpc) is 2.17. The second kappa shape index (κ2) is 7.19. The molecule has 0 aromatic heterocycles. The molecule has 0 fully saturated rings. The van der Waals surface area contributed by atoms with Crippen molar-refractivity contribution >= 4 is 11.9 Å². The summed E-state index contributed by atoms with van der Waals surface area (Å²) in [6.45, 7) is 0.425. The van der Waals surface area contributed by atoms with Crippen LogP contribution < -0.4 is 16.8 Å². The van der Waals surface area contributed by atoms with Crippen LogP contribution in [0.1, 0.15) is 19.3 Å². The summed E-state index contributed by atoms with van der Waals surface area (Å²) in [6, 6.07) is -0.925. The second-order valence-electron chi connectivity index (χ2n) is 3.50. The summed E-state index contributed by atoms with van der Waals surface area (Å²) in [4.78, 5) is 21.6. The van der Waals surface area contributed by atoms with Gasteiger partial charge >= 0.3 is 5.97 Å². The van der Waals surface area contributed by atoms with Crippen molar-refractivity contribution in [3.8, 4) is 0 Å². The molecule has 0 saturated heterocycles. The number of rotatable bonds is 7. The predicted octanol–water partition coefficient (Wildman–Crippen LogP) is -1.11. The van der Waals surface area contributed by atoms with Crippen LogP contribution >= 0.6 is 0 Å². The van der Waals surface area contributed by atoms with E-state index < -0.39 is 12.0 Å². The number of hydrogen-bond donors (Lipinski definition) is 4. The van der Waals surface area contributed by atoms with E-state index in [2.05, 4.69) is 5.32 Å². The van der Waals surface area contributed by atoms with Gasteiger partial charge in [0.15, 0.2) is 0 Å². The number of carbonyl (C=O) groups is 2. The molecule has 0 bridgehead atoms. The van der Waals surface area contributed by atoms with Gasteiger partial charge in [-0.25, -0.2) is 0 Å². The fourth-order valence-electron chi connectivity index (χ4n) is 1.36. The average molecular weight is 217 g/mol. The molecule has 88 valence electrons. The summed E-state index contributed by atoms with van der Waals surface area (Å²) in [5.74, 6) is -1.24. The molecule has 0 aliphatic heterocycles. The van der Waals surface area contributed by atoms with Gasteiger partial charge in [-0.1, -0.05) is 0 Å². The molecule has 0 rings (SSSR count). The number of amides is 1. The molecule has 0 saturated carbocycles. The van der Waals surface area contributed by atoms with E-state index in [9.17, 15) is 9.59 Å². The molecule has 6 heteroatoms. The Kier molecular flexibility index (Phi) is 6.64. The van der Waals surface area contributed by atoms with Gasteiger partial charge in [0.1, 0.15) is 6.04 Å². The molecule has 6 nitrogen and oxygen atoms in total. The standard InChI is InChI=1S/C9H19N3O3/c1-12-8(13)5-6(2-3-10)4-7(11)9(14)15/h6-7H,2-5,10-11H2,1H3,(H,12,13)(H,14,15). The monoisotopic (exact) mass is 217 g/mol. The van der Waals surface area contributed by atoms with Gasteiger partial charge in [-0.15, -0.1) is 0 Å². The maximum Gasteiger partial charge on any atom is 0.320 e. The zero-order valence-corrected chi connectivity index (χ0v) is 8.90. The molecule has 0 aliphatic rings. The summed E-state index contributed by atoms with van der Waals surface area (Å²) in [5.41, 5.74) is 10.8. The van der Waals surface area contributed by atoms with Crippen molar-refractivity contribution in [3.05, 3.63) is 0 Å². The normalized spacial score (nSPS) is 14.3. The molecule has 0 spiro atoms. The molecule has 1 amide bonds. The van der Waals surface area contributed by atoms with Crippen LogP contribution in [0, 0.1) is 5.92 Å². The third-order valence-corrected chi connectivity index (χ3v) is 2.23. The summed E-state index contributed by atoms with van der Waals surface area (Å²) in [6.07, 6.45) is 1.16. The Hall–Kier alpha value is -1.14. The van der Waals surface area contributed by atoms with Gasteiger partial charge in [-0.3, -0.25) is 9.59 Å². The van der Waals surface area contributed by atoms with Gasteiger partial charge in [0.05, 0.1) is 0 Å². The molecule has 2 atom stereocenters. The zero-order valence-electron chi connectivity index (χ0n) is 8.90. The Labute approximate surface area is 89.0 Å². The lowest BCUT2D eigenvalue weighted by atomic mass is 9.93. The van der Waals surface area contributed by atoms with Crippen LogP contribution in [0.25, 0.3) is 0 Å². The SMILES string of the molecule is CNC(=O)CC(CCN)CC(N)C(=O)O. The first-order valence-corrected chi connectivity index (χ1v) is 4.90. The Morgan fingerprint density at radius 2 is 2.07 bits per heavy atom. The van der Waals surface area contributed by atoms with Crippen molar-refractivity contribution < 1.29 is 14.7 Å². The van der Waals surface area contributed by atoms with Crippen molar-refractivity contribution in [2.45, 2.75) is 25.3 Å².